The average molecular weight is 263 g/mol. The van der Waals surface area contributed by atoms with Crippen LogP contribution < -0.4 is 10.5 Å². The van der Waals surface area contributed by atoms with Crippen LogP contribution >= 0.6 is 12.2 Å². The Bertz CT molecular complexity index is 490. The standard InChI is InChI=1S/C8H10FN3O2S2/c9-6-2-1-4-11-8(6)16(13,14)12-5-3-7(10)15/h1-2,4,12H,3,5H2,(H2,10,15). The highest BCUT2D eigenvalue weighted by atomic mass is 32.2. The molecule has 0 aliphatic rings. The van der Waals surface area contributed by atoms with E-state index >= 15 is 0 Å². The zero-order chi connectivity index (χ0) is 12.2. The number of nitrogens with two attached hydrogens (primary N) is 1. The minimum Gasteiger partial charge on any atom is -0.393 e. The molecule has 1 heterocycles. The van der Waals surface area contributed by atoms with E-state index < -0.39 is 20.9 Å². The molecule has 0 aliphatic heterocycles. The van der Waals surface area contributed by atoms with Crippen molar-refractivity contribution in [1.82, 2.24) is 9.71 Å². The molecule has 5 nitrogen and oxygen atoms in total. The van der Waals surface area contributed by atoms with Crippen molar-refractivity contribution in [2.24, 2.45) is 5.73 Å². The van der Waals surface area contributed by atoms with Crippen LogP contribution in [-0.2, 0) is 10.0 Å². The lowest BCUT2D eigenvalue weighted by atomic mass is 10.4. The summed E-state index contributed by atoms with van der Waals surface area (Å²) in [5, 5.41) is -0.627. The Morgan fingerprint density at radius 1 is 1.62 bits per heavy atom. The molecule has 0 radical (unpaired) electrons. The molecular formula is C8H10FN3O2S2. The van der Waals surface area contributed by atoms with Gasteiger partial charge in [0.25, 0.3) is 10.0 Å². The number of nitrogens with one attached hydrogen (secondary N) is 1. The van der Waals surface area contributed by atoms with Crippen molar-refractivity contribution >= 4 is 27.2 Å². The number of hydrogen-bond donors (Lipinski definition) is 2. The van der Waals surface area contributed by atoms with Crippen LogP contribution in [0.15, 0.2) is 23.4 Å². The summed E-state index contributed by atoms with van der Waals surface area (Å²) in [4.78, 5) is 3.64. The topological polar surface area (TPSA) is 85.1 Å². The molecule has 0 saturated heterocycles. The SMILES string of the molecule is NC(=S)CCNS(=O)(=O)c1ncccc1F. The van der Waals surface area contributed by atoms with Crippen molar-refractivity contribution in [3.05, 3.63) is 24.1 Å². The van der Waals surface area contributed by atoms with E-state index in [1.165, 1.54) is 12.3 Å². The monoisotopic (exact) mass is 263 g/mol. The van der Waals surface area contributed by atoms with Gasteiger partial charge < -0.3 is 5.73 Å². The third-order valence-electron chi connectivity index (χ3n) is 1.64. The molecule has 1 aromatic heterocycles. The molecule has 1 rings (SSSR count). The second kappa shape index (κ2) is 5.28. The highest BCUT2D eigenvalue weighted by Crippen LogP contribution is 2.09. The second-order valence-corrected chi connectivity index (χ2v) is 5.11. The van der Waals surface area contributed by atoms with E-state index in [0.717, 1.165) is 6.07 Å². The summed E-state index contributed by atoms with van der Waals surface area (Å²) in [6.07, 6.45) is 1.41. The minimum absolute atomic E-state index is 0.0215. The smallest absolute Gasteiger partial charge is 0.261 e. The van der Waals surface area contributed by atoms with Gasteiger partial charge in [-0.15, -0.1) is 0 Å². The Morgan fingerprint density at radius 2 is 2.31 bits per heavy atom. The van der Waals surface area contributed by atoms with E-state index in [4.69, 9.17) is 5.73 Å². The molecule has 3 N–H and O–H groups in total. The number of hydrogen-bond acceptors (Lipinski definition) is 4. The average Bonchev–Trinajstić information content (AvgIpc) is 2.17. The summed E-state index contributed by atoms with van der Waals surface area (Å²) in [5.41, 5.74) is 5.20. The molecule has 0 amide bonds. The molecule has 0 saturated carbocycles. The van der Waals surface area contributed by atoms with Gasteiger partial charge in [0, 0.05) is 19.2 Å². The maximum Gasteiger partial charge on any atom is 0.261 e. The Morgan fingerprint density at radius 3 is 2.88 bits per heavy atom. The van der Waals surface area contributed by atoms with Crippen LogP contribution in [0, 0.1) is 5.82 Å². The zero-order valence-electron chi connectivity index (χ0n) is 8.18. The van der Waals surface area contributed by atoms with E-state index in [2.05, 4.69) is 21.9 Å². The number of pyridine rings is 1. The molecule has 0 bridgehead atoms. The Balaban J connectivity index is 2.79. The Labute approximate surface area is 97.9 Å². The third-order valence-corrected chi connectivity index (χ3v) is 3.24. The molecule has 8 heteroatoms. The molecular weight excluding hydrogens is 253 g/mol. The van der Waals surface area contributed by atoms with Gasteiger partial charge in [-0.05, 0) is 12.1 Å². The maximum atomic E-state index is 13.1. The predicted octanol–water partition coefficient (Wildman–Crippen LogP) is 0.175. The predicted molar refractivity (Wildman–Crippen MR) is 60.8 cm³/mol. The fourth-order valence-electron chi connectivity index (χ4n) is 0.946. The number of rotatable bonds is 5. The normalized spacial score (nSPS) is 11.3. The first kappa shape index (κ1) is 12.9. The van der Waals surface area contributed by atoms with Gasteiger partial charge in [0.05, 0.1) is 4.99 Å². The van der Waals surface area contributed by atoms with E-state index in [9.17, 15) is 12.8 Å². The molecule has 0 fully saturated rings. The molecule has 0 unspecified atom stereocenters. The van der Waals surface area contributed by atoms with Gasteiger partial charge in [-0.25, -0.2) is 22.5 Å². The van der Waals surface area contributed by atoms with Crippen molar-refractivity contribution < 1.29 is 12.8 Å². The highest BCUT2D eigenvalue weighted by molar-refractivity contribution is 7.89. The van der Waals surface area contributed by atoms with Crippen LogP contribution in [0.2, 0.25) is 0 Å². The highest BCUT2D eigenvalue weighted by Gasteiger charge is 2.19. The van der Waals surface area contributed by atoms with Gasteiger partial charge in [0.2, 0.25) is 5.03 Å². The van der Waals surface area contributed by atoms with Crippen LogP contribution in [-0.4, -0.2) is 24.9 Å². The minimum atomic E-state index is -3.94. The molecule has 1 aromatic rings. The van der Waals surface area contributed by atoms with Crippen LogP contribution in [0.1, 0.15) is 6.42 Å². The maximum absolute atomic E-state index is 13.1. The van der Waals surface area contributed by atoms with Gasteiger partial charge in [-0.1, -0.05) is 12.2 Å². The van der Waals surface area contributed by atoms with Gasteiger partial charge in [-0.2, -0.15) is 0 Å². The molecule has 16 heavy (non-hydrogen) atoms. The number of sulfonamides is 1. The second-order valence-electron chi connectivity index (χ2n) is 2.90. The summed E-state index contributed by atoms with van der Waals surface area (Å²) in [7, 11) is -3.94. The van der Waals surface area contributed by atoms with E-state index in [1.807, 2.05) is 0 Å². The summed E-state index contributed by atoms with van der Waals surface area (Å²) in [5.74, 6) is -0.898. The van der Waals surface area contributed by atoms with Crippen LogP contribution in [0.5, 0.6) is 0 Å². The summed E-state index contributed by atoms with van der Waals surface area (Å²) >= 11 is 4.58. The van der Waals surface area contributed by atoms with Crippen LogP contribution in [0.25, 0.3) is 0 Å². The first-order chi connectivity index (χ1) is 7.43. The first-order valence-electron chi connectivity index (χ1n) is 4.32. The van der Waals surface area contributed by atoms with Crippen molar-refractivity contribution in [3.63, 3.8) is 0 Å². The van der Waals surface area contributed by atoms with Gasteiger partial charge in [0.1, 0.15) is 0 Å². The molecule has 0 spiro atoms. The first-order valence-corrected chi connectivity index (χ1v) is 6.21. The third kappa shape index (κ3) is 3.47. The van der Waals surface area contributed by atoms with Crippen LogP contribution in [0.4, 0.5) is 4.39 Å². The number of nitrogens with zero attached hydrogens (tertiary/aromatic N) is 1. The fourth-order valence-corrected chi connectivity index (χ4v) is 2.08. The van der Waals surface area contributed by atoms with E-state index in [0.29, 0.717) is 0 Å². The van der Waals surface area contributed by atoms with Gasteiger partial charge >= 0.3 is 0 Å². The van der Waals surface area contributed by atoms with Crippen molar-refractivity contribution in [3.8, 4) is 0 Å². The van der Waals surface area contributed by atoms with E-state index in [-0.39, 0.29) is 18.0 Å². The largest absolute Gasteiger partial charge is 0.393 e. The van der Waals surface area contributed by atoms with Crippen LogP contribution in [0.3, 0.4) is 0 Å². The summed E-state index contributed by atoms with van der Waals surface area (Å²) in [6.45, 7) is 0.0215. The lowest BCUT2D eigenvalue weighted by molar-refractivity contribution is 0.545. The Hall–Kier alpha value is -1.12. The lowest BCUT2D eigenvalue weighted by Crippen LogP contribution is -2.28. The summed E-state index contributed by atoms with van der Waals surface area (Å²) in [6, 6.07) is 2.33. The quantitative estimate of drug-likeness (QED) is 0.740. The molecule has 88 valence electrons. The molecule has 0 aromatic carbocycles. The number of halogens is 1. The van der Waals surface area contributed by atoms with E-state index in [1.54, 1.807) is 0 Å². The fraction of sp³-hybridized carbons (Fsp3) is 0.250. The zero-order valence-corrected chi connectivity index (χ0v) is 9.81. The lowest BCUT2D eigenvalue weighted by Gasteiger charge is -2.05. The van der Waals surface area contributed by atoms with Gasteiger partial charge in [-0.3, -0.25) is 0 Å². The Kier molecular flexibility index (Phi) is 4.27. The molecule has 0 atom stereocenters. The number of aromatic nitrogens is 1. The van der Waals surface area contributed by atoms with Crippen molar-refractivity contribution in [2.75, 3.05) is 6.54 Å². The van der Waals surface area contributed by atoms with Gasteiger partial charge in [0.15, 0.2) is 5.82 Å². The van der Waals surface area contributed by atoms with Crippen molar-refractivity contribution in [1.29, 1.82) is 0 Å². The number of thiocarbonyl (C=S) groups is 1. The summed E-state index contributed by atoms with van der Waals surface area (Å²) < 4.78 is 38.4. The molecule has 0 aliphatic carbocycles. The van der Waals surface area contributed by atoms with Crippen molar-refractivity contribution in [2.45, 2.75) is 11.4 Å².